The zero-order chi connectivity index (χ0) is 21.7. The number of allylic oxidation sites excluding steroid dienone is 1. The summed E-state index contributed by atoms with van der Waals surface area (Å²) in [7, 11) is 1.55. The van der Waals surface area contributed by atoms with Crippen molar-refractivity contribution >= 4 is 28.4 Å². The van der Waals surface area contributed by atoms with Gasteiger partial charge in [-0.05, 0) is 50.3 Å². The van der Waals surface area contributed by atoms with Crippen LogP contribution in [0.2, 0.25) is 0 Å². The van der Waals surface area contributed by atoms with Gasteiger partial charge in [-0.25, -0.2) is 4.99 Å². The molecule has 1 aromatic carbocycles. The van der Waals surface area contributed by atoms with E-state index in [2.05, 4.69) is 23.3 Å². The Hall–Kier alpha value is -2.98. The molecule has 0 fully saturated rings. The van der Waals surface area contributed by atoms with Gasteiger partial charge in [0.05, 0.1) is 35.4 Å². The molecule has 0 bridgehead atoms. The SMILES string of the molecule is CCCSC1=NC(C)=C(C(=O)Nc2ccccc2OC)[C@H](c2ccc(C)o2)C1C#N. The van der Waals surface area contributed by atoms with E-state index in [1.54, 1.807) is 37.9 Å². The quantitative estimate of drug-likeness (QED) is 0.682. The van der Waals surface area contributed by atoms with Gasteiger partial charge in [0.2, 0.25) is 0 Å². The van der Waals surface area contributed by atoms with Gasteiger partial charge < -0.3 is 14.5 Å². The van der Waals surface area contributed by atoms with E-state index in [1.165, 1.54) is 0 Å². The minimum Gasteiger partial charge on any atom is -0.495 e. The molecule has 0 spiro atoms. The highest BCUT2D eigenvalue weighted by atomic mass is 32.2. The smallest absolute Gasteiger partial charge is 0.254 e. The summed E-state index contributed by atoms with van der Waals surface area (Å²) in [6, 6.07) is 13.3. The number of aliphatic imine (C=N–C) groups is 1. The molecule has 30 heavy (non-hydrogen) atoms. The predicted molar refractivity (Wildman–Crippen MR) is 120 cm³/mol. The maximum absolute atomic E-state index is 13.4. The van der Waals surface area contributed by atoms with Crippen LogP contribution in [0.1, 0.15) is 37.7 Å². The number of thioether (sulfide) groups is 1. The zero-order valence-corrected chi connectivity index (χ0v) is 18.4. The number of carbonyl (C=O) groups is 1. The van der Waals surface area contributed by atoms with Crippen molar-refractivity contribution < 1.29 is 13.9 Å². The predicted octanol–water partition coefficient (Wildman–Crippen LogP) is 5.29. The third-order valence-electron chi connectivity index (χ3n) is 4.84. The minimum absolute atomic E-state index is 0.320. The molecule has 2 heterocycles. The van der Waals surface area contributed by atoms with Gasteiger partial charge in [0.15, 0.2) is 0 Å². The largest absolute Gasteiger partial charge is 0.495 e. The number of nitriles is 1. The van der Waals surface area contributed by atoms with Crippen molar-refractivity contribution in [2.24, 2.45) is 10.9 Å². The Morgan fingerprint density at radius 2 is 2.07 bits per heavy atom. The van der Waals surface area contributed by atoms with E-state index >= 15 is 0 Å². The van der Waals surface area contributed by atoms with Gasteiger partial charge in [-0.15, -0.1) is 11.8 Å². The number of aryl methyl sites for hydroxylation is 1. The Labute approximate surface area is 181 Å². The number of furan rings is 1. The first-order valence-corrected chi connectivity index (χ1v) is 10.8. The Kier molecular flexibility index (Phi) is 7.01. The van der Waals surface area contributed by atoms with Crippen molar-refractivity contribution in [3.8, 4) is 11.8 Å². The van der Waals surface area contributed by atoms with E-state index in [0.29, 0.717) is 28.5 Å². The second kappa shape index (κ2) is 9.68. The van der Waals surface area contributed by atoms with Crippen LogP contribution >= 0.6 is 11.8 Å². The van der Waals surface area contributed by atoms with Crippen LogP contribution in [-0.2, 0) is 4.79 Å². The zero-order valence-electron chi connectivity index (χ0n) is 17.6. The van der Waals surface area contributed by atoms with E-state index in [1.807, 2.05) is 31.2 Å². The van der Waals surface area contributed by atoms with Crippen molar-refractivity contribution in [3.63, 3.8) is 0 Å². The Bertz CT molecular complexity index is 1030. The molecular formula is C23H25N3O3S. The fourth-order valence-electron chi connectivity index (χ4n) is 3.46. The molecule has 1 N–H and O–H groups in total. The number of carbonyl (C=O) groups excluding carboxylic acids is 1. The fourth-order valence-corrected chi connectivity index (χ4v) is 4.44. The summed E-state index contributed by atoms with van der Waals surface area (Å²) in [6.07, 6.45) is 0.969. The second-order valence-electron chi connectivity index (χ2n) is 6.98. The van der Waals surface area contributed by atoms with Crippen LogP contribution < -0.4 is 10.1 Å². The first-order chi connectivity index (χ1) is 14.5. The molecule has 1 unspecified atom stereocenters. The third-order valence-corrected chi connectivity index (χ3v) is 6.09. The molecule has 6 nitrogen and oxygen atoms in total. The maximum Gasteiger partial charge on any atom is 0.254 e. The highest BCUT2D eigenvalue weighted by Crippen LogP contribution is 2.42. The van der Waals surface area contributed by atoms with Gasteiger partial charge in [0.25, 0.3) is 5.91 Å². The molecule has 0 aliphatic carbocycles. The topological polar surface area (TPSA) is 87.6 Å². The highest BCUT2D eigenvalue weighted by Gasteiger charge is 2.40. The van der Waals surface area contributed by atoms with Crippen LogP contribution in [0.3, 0.4) is 0 Å². The van der Waals surface area contributed by atoms with Crippen LogP contribution in [0.4, 0.5) is 5.69 Å². The highest BCUT2D eigenvalue weighted by molar-refractivity contribution is 8.14. The molecule has 0 saturated carbocycles. The van der Waals surface area contributed by atoms with E-state index in [4.69, 9.17) is 9.15 Å². The summed E-state index contributed by atoms with van der Waals surface area (Å²) in [5.41, 5.74) is 1.58. The molecule has 0 radical (unpaired) electrons. The normalized spacial score (nSPS) is 18.6. The van der Waals surface area contributed by atoms with Gasteiger partial charge in [0, 0.05) is 5.70 Å². The van der Waals surface area contributed by atoms with Gasteiger partial charge in [-0.3, -0.25) is 4.79 Å². The monoisotopic (exact) mass is 423 g/mol. The third kappa shape index (κ3) is 4.44. The number of benzene rings is 1. The van der Waals surface area contributed by atoms with E-state index < -0.39 is 11.8 Å². The van der Waals surface area contributed by atoms with Crippen LogP contribution in [0, 0.1) is 24.2 Å². The van der Waals surface area contributed by atoms with Crippen molar-refractivity contribution in [2.45, 2.75) is 33.1 Å². The van der Waals surface area contributed by atoms with Crippen LogP contribution in [0.15, 0.2) is 57.1 Å². The first-order valence-electron chi connectivity index (χ1n) is 9.82. The summed E-state index contributed by atoms with van der Waals surface area (Å²) in [6.45, 7) is 5.74. The van der Waals surface area contributed by atoms with E-state index in [0.717, 1.165) is 23.0 Å². The second-order valence-corrected chi connectivity index (χ2v) is 8.10. The molecular weight excluding hydrogens is 398 g/mol. The minimum atomic E-state index is -0.589. The van der Waals surface area contributed by atoms with Crippen LogP contribution in [0.5, 0.6) is 5.75 Å². The van der Waals surface area contributed by atoms with Crippen molar-refractivity contribution in [1.29, 1.82) is 5.26 Å². The molecule has 7 heteroatoms. The lowest BCUT2D eigenvalue weighted by Gasteiger charge is -2.28. The molecule has 0 saturated heterocycles. The summed E-state index contributed by atoms with van der Waals surface area (Å²) < 4.78 is 11.2. The summed E-state index contributed by atoms with van der Waals surface area (Å²) >= 11 is 1.56. The van der Waals surface area contributed by atoms with Crippen molar-refractivity contribution in [2.75, 3.05) is 18.2 Å². The molecule has 1 aliphatic heterocycles. The molecule has 1 aromatic heterocycles. The lowest BCUT2D eigenvalue weighted by Crippen LogP contribution is -2.31. The van der Waals surface area contributed by atoms with E-state index in [-0.39, 0.29) is 5.91 Å². The lowest BCUT2D eigenvalue weighted by atomic mass is 9.81. The average Bonchev–Trinajstić information content (AvgIpc) is 3.17. The molecule has 2 atom stereocenters. The van der Waals surface area contributed by atoms with Gasteiger partial charge >= 0.3 is 0 Å². The number of rotatable bonds is 6. The van der Waals surface area contributed by atoms with E-state index in [9.17, 15) is 10.1 Å². The number of hydrogen-bond acceptors (Lipinski definition) is 6. The number of nitrogens with zero attached hydrogens (tertiary/aromatic N) is 2. The van der Waals surface area contributed by atoms with Gasteiger partial charge in [-0.1, -0.05) is 19.1 Å². The number of nitrogens with one attached hydrogen (secondary N) is 1. The van der Waals surface area contributed by atoms with Gasteiger partial charge in [-0.2, -0.15) is 5.26 Å². The standard InChI is InChI=1S/C23H25N3O3S/c1-5-12-30-23-16(13-24)21(19-11-10-14(2)29-19)20(15(3)25-23)22(27)26-17-8-6-7-9-18(17)28-4/h6-11,16,21H,5,12H2,1-4H3,(H,26,27)/t16?,21-/m0/s1. The summed E-state index contributed by atoms with van der Waals surface area (Å²) in [5, 5.41) is 13.6. The first kappa shape index (κ1) is 21.7. The van der Waals surface area contributed by atoms with Crippen LogP contribution in [0.25, 0.3) is 0 Å². The maximum atomic E-state index is 13.4. The number of amides is 1. The molecule has 1 aliphatic rings. The molecule has 3 rings (SSSR count). The van der Waals surface area contributed by atoms with Gasteiger partial charge in [0.1, 0.15) is 23.2 Å². The van der Waals surface area contributed by atoms with Crippen molar-refractivity contribution in [1.82, 2.24) is 0 Å². The Balaban J connectivity index is 2.06. The summed E-state index contributed by atoms with van der Waals surface area (Å²) in [5.74, 6) is 1.30. The Morgan fingerprint density at radius 3 is 2.70 bits per heavy atom. The Morgan fingerprint density at radius 1 is 1.30 bits per heavy atom. The fraction of sp³-hybridized carbons (Fsp3) is 0.348. The molecule has 2 aromatic rings. The molecule has 1 amide bonds. The molecule has 156 valence electrons. The number of methoxy groups -OCH3 is 1. The van der Waals surface area contributed by atoms with Crippen molar-refractivity contribution in [3.05, 3.63) is 59.2 Å². The number of hydrogen-bond donors (Lipinski definition) is 1. The average molecular weight is 424 g/mol. The van der Waals surface area contributed by atoms with Crippen LogP contribution in [-0.4, -0.2) is 23.8 Å². The number of anilines is 1. The summed E-state index contributed by atoms with van der Waals surface area (Å²) in [4.78, 5) is 18.0. The number of ether oxygens (including phenoxy) is 1. The number of para-hydroxylation sites is 2. The lowest BCUT2D eigenvalue weighted by molar-refractivity contribution is -0.113.